The fraction of sp³-hybridized carbons (Fsp3) is 0.500. The molecular weight excluding hydrogens is 364 g/mol. The molecule has 2 aliphatic rings. The van der Waals surface area contributed by atoms with E-state index < -0.39 is 0 Å². The number of likely N-dealkylation sites (tertiary alicyclic amines) is 1. The summed E-state index contributed by atoms with van der Waals surface area (Å²) in [7, 11) is 1.72. The monoisotopic (exact) mass is 390 g/mol. The number of hydrogen-bond acceptors (Lipinski definition) is 6. The first-order valence-electron chi connectivity index (χ1n) is 9.36. The van der Waals surface area contributed by atoms with E-state index in [-0.39, 0.29) is 12.4 Å². The van der Waals surface area contributed by atoms with E-state index in [1.807, 2.05) is 18.3 Å². The summed E-state index contributed by atoms with van der Waals surface area (Å²) in [5.74, 6) is 1.74. The Hall–Kier alpha value is -1.89. The highest BCUT2D eigenvalue weighted by Crippen LogP contribution is 2.34. The largest absolute Gasteiger partial charge is 0.497 e. The Kier molecular flexibility index (Phi) is 6.88. The zero-order valence-electron chi connectivity index (χ0n) is 15.7. The molecule has 4 rings (SSSR count). The minimum absolute atomic E-state index is 0. The van der Waals surface area contributed by atoms with E-state index in [1.54, 1.807) is 7.11 Å². The van der Waals surface area contributed by atoms with Crippen LogP contribution in [-0.4, -0.2) is 54.8 Å². The first-order valence-corrected chi connectivity index (χ1v) is 9.36. The van der Waals surface area contributed by atoms with E-state index >= 15 is 0 Å². The molecule has 1 atom stereocenters. The lowest BCUT2D eigenvalue weighted by Gasteiger charge is -2.28. The van der Waals surface area contributed by atoms with Crippen LogP contribution < -0.4 is 9.64 Å². The summed E-state index contributed by atoms with van der Waals surface area (Å²) in [5, 5.41) is 0. The fourth-order valence-corrected chi connectivity index (χ4v) is 3.84. The predicted octanol–water partition coefficient (Wildman–Crippen LogP) is 3.08. The van der Waals surface area contributed by atoms with Gasteiger partial charge in [0.2, 0.25) is 5.95 Å². The van der Waals surface area contributed by atoms with Crippen molar-refractivity contribution in [1.29, 1.82) is 0 Å². The van der Waals surface area contributed by atoms with Crippen LogP contribution >= 0.6 is 12.4 Å². The molecule has 0 aliphatic carbocycles. The number of rotatable bonds is 5. The van der Waals surface area contributed by atoms with Gasteiger partial charge in [-0.3, -0.25) is 4.90 Å². The average Bonchev–Trinajstić information content (AvgIpc) is 3.17. The van der Waals surface area contributed by atoms with Gasteiger partial charge in [-0.1, -0.05) is 12.1 Å². The number of aromatic nitrogens is 2. The summed E-state index contributed by atoms with van der Waals surface area (Å²) in [6, 6.07) is 10.9. The molecule has 0 amide bonds. The van der Waals surface area contributed by atoms with Crippen LogP contribution in [0.15, 0.2) is 36.5 Å². The highest BCUT2D eigenvalue weighted by molar-refractivity contribution is 5.85. The highest BCUT2D eigenvalue weighted by atomic mass is 35.5. The third-order valence-electron chi connectivity index (χ3n) is 5.20. The Morgan fingerprint density at radius 2 is 2.04 bits per heavy atom. The van der Waals surface area contributed by atoms with Crippen molar-refractivity contribution in [1.82, 2.24) is 14.9 Å². The zero-order chi connectivity index (χ0) is 17.8. The molecular formula is C20H27ClN4O2. The molecule has 0 N–H and O–H groups in total. The van der Waals surface area contributed by atoms with Gasteiger partial charge in [-0.15, -0.1) is 12.4 Å². The second-order valence-corrected chi connectivity index (χ2v) is 6.85. The number of methoxy groups -OCH3 is 1. The van der Waals surface area contributed by atoms with Crippen LogP contribution in [0, 0.1) is 0 Å². The van der Waals surface area contributed by atoms with E-state index in [2.05, 4.69) is 33.0 Å². The first kappa shape index (κ1) is 19.9. The molecule has 0 radical (unpaired) electrons. The van der Waals surface area contributed by atoms with Crippen LogP contribution in [0.3, 0.4) is 0 Å². The number of nitrogens with zero attached hydrogens (tertiary/aromatic N) is 4. The Labute approximate surface area is 166 Å². The van der Waals surface area contributed by atoms with Gasteiger partial charge in [0.25, 0.3) is 0 Å². The molecule has 27 heavy (non-hydrogen) atoms. The molecule has 2 aromatic rings. The molecule has 3 heterocycles. The summed E-state index contributed by atoms with van der Waals surface area (Å²) in [5.41, 5.74) is 2.40. The van der Waals surface area contributed by atoms with Crippen LogP contribution in [0.25, 0.3) is 0 Å². The molecule has 2 aliphatic heterocycles. The minimum Gasteiger partial charge on any atom is -0.497 e. The van der Waals surface area contributed by atoms with Gasteiger partial charge in [0.05, 0.1) is 26.0 Å². The molecule has 2 fully saturated rings. The van der Waals surface area contributed by atoms with Crippen molar-refractivity contribution in [2.45, 2.75) is 25.4 Å². The van der Waals surface area contributed by atoms with Gasteiger partial charge in [0, 0.05) is 31.9 Å². The minimum atomic E-state index is 0. The Morgan fingerprint density at radius 1 is 1.19 bits per heavy atom. The van der Waals surface area contributed by atoms with Crippen LogP contribution in [0.5, 0.6) is 5.75 Å². The molecule has 0 saturated carbocycles. The normalized spacial score (nSPS) is 20.3. The molecule has 1 unspecified atom stereocenters. The Bertz CT molecular complexity index is 739. The van der Waals surface area contributed by atoms with Crippen molar-refractivity contribution in [3.63, 3.8) is 0 Å². The van der Waals surface area contributed by atoms with Gasteiger partial charge in [-0.2, -0.15) is 0 Å². The number of benzene rings is 1. The number of hydrogen-bond donors (Lipinski definition) is 0. The van der Waals surface area contributed by atoms with Gasteiger partial charge in [0.15, 0.2) is 0 Å². The molecule has 1 aromatic carbocycles. The smallest absolute Gasteiger partial charge is 0.225 e. The lowest BCUT2D eigenvalue weighted by Crippen LogP contribution is -2.37. The lowest BCUT2D eigenvalue weighted by molar-refractivity contribution is 0.122. The summed E-state index contributed by atoms with van der Waals surface area (Å²) in [4.78, 5) is 14.0. The molecule has 2 saturated heterocycles. The molecule has 7 heteroatoms. The van der Waals surface area contributed by atoms with Crippen molar-refractivity contribution < 1.29 is 9.47 Å². The van der Waals surface area contributed by atoms with E-state index in [1.165, 1.54) is 18.4 Å². The standard InChI is InChI=1S/C20H26N4O2.ClH/c1-25-18-5-2-4-16(14-18)19-6-3-9-24(19)15-17-7-8-21-20(22-17)23-10-12-26-13-11-23;/h2,4-5,7-8,14,19H,3,6,9-13,15H2,1H3;1H. The third-order valence-corrected chi connectivity index (χ3v) is 5.20. The number of morpholine rings is 1. The van der Waals surface area contributed by atoms with E-state index in [4.69, 9.17) is 14.5 Å². The van der Waals surface area contributed by atoms with Crippen molar-refractivity contribution in [2.24, 2.45) is 0 Å². The molecule has 6 nitrogen and oxygen atoms in total. The zero-order valence-corrected chi connectivity index (χ0v) is 16.5. The van der Waals surface area contributed by atoms with Crippen LogP contribution in [-0.2, 0) is 11.3 Å². The van der Waals surface area contributed by atoms with Gasteiger partial charge >= 0.3 is 0 Å². The molecule has 146 valence electrons. The lowest BCUT2D eigenvalue weighted by atomic mass is 10.0. The maximum Gasteiger partial charge on any atom is 0.225 e. The Balaban J connectivity index is 0.00000210. The number of ether oxygens (including phenoxy) is 2. The van der Waals surface area contributed by atoms with Gasteiger partial charge in [-0.05, 0) is 43.1 Å². The van der Waals surface area contributed by atoms with E-state index in [0.29, 0.717) is 6.04 Å². The predicted molar refractivity (Wildman–Crippen MR) is 108 cm³/mol. The number of halogens is 1. The topological polar surface area (TPSA) is 50.7 Å². The second-order valence-electron chi connectivity index (χ2n) is 6.85. The van der Waals surface area contributed by atoms with Crippen LogP contribution in [0.2, 0.25) is 0 Å². The van der Waals surface area contributed by atoms with Gasteiger partial charge in [0.1, 0.15) is 5.75 Å². The van der Waals surface area contributed by atoms with Crippen molar-refractivity contribution >= 4 is 18.4 Å². The van der Waals surface area contributed by atoms with E-state index in [0.717, 1.165) is 56.8 Å². The van der Waals surface area contributed by atoms with Gasteiger partial charge < -0.3 is 14.4 Å². The van der Waals surface area contributed by atoms with E-state index in [9.17, 15) is 0 Å². The van der Waals surface area contributed by atoms with Crippen molar-refractivity contribution in [3.8, 4) is 5.75 Å². The first-order chi connectivity index (χ1) is 12.8. The summed E-state index contributed by atoms with van der Waals surface area (Å²) in [6.45, 7) is 5.16. The van der Waals surface area contributed by atoms with Crippen molar-refractivity contribution in [3.05, 3.63) is 47.8 Å². The third kappa shape index (κ3) is 4.69. The Morgan fingerprint density at radius 3 is 2.85 bits per heavy atom. The van der Waals surface area contributed by atoms with Crippen LogP contribution in [0.1, 0.15) is 30.1 Å². The molecule has 0 spiro atoms. The van der Waals surface area contributed by atoms with Gasteiger partial charge in [-0.25, -0.2) is 9.97 Å². The second kappa shape index (κ2) is 9.35. The maximum atomic E-state index is 5.43. The maximum absolute atomic E-state index is 5.43. The summed E-state index contributed by atoms with van der Waals surface area (Å²) < 4.78 is 10.8. The van der Waals surface area contributed by atoms with Crippen molar-refractivity contribution in [2.75, 3.05) is 44.9 Å². The molecule has 1 aromatic heterocycles. The quantitative estimate of drug-likeness (QED) is 0.782. The average molecular weight is 391 g/mol. The highest BCUT2D eigenvalue weighted by Gasteiger charge is 2.27. The molecule has 0 bridgehead atoms. The summed E-state index contributed by atoms with van der Waals surface area (Å²) >= 11 is 0. The SMILES string of the molecule is COc1cccc(C2CCCN2Cc2ccnc(N3CCOCC3)n2)c1.Cl. The summed E-state index contributed by atoms with van der Waals surface area (Å²) in [6.07, 6.45) is 4.27. The van der Waals surface area contributed by atoms with Crippen LogP contribution in [0.4, 0.5) is 5.95 Å². The fourth-order valence-electron chi connectivity index (χ4n) is 3.84. The number of anilines is 1.